The van der Waals surface area contributed by atoms with E-state index in [1.54, 1.807) is 6.20 Å². The van der Waals surface area contributed by atoms with Crippen LogP contribution in [-0.4, -0.2) is 29.1 Å². The minimum absolute atomic E-state index is 0.142. The average Bonchev–Trinajstić information content (AvgIpc) is 2.18. The van der Waals surface area contributed by atoms with Gasteiger partial charge in [-0.05, 0) is 31.5 Å². The van der Waals surface area contributed by atoms with E-state index in [1.165, 1.54) is 0 Å². The van der Waals surface area contributed by atoms with Crippen molar-refractivity contribution in [1.29, 1.82) is 0 Å². The van der Waals surface area contributed by atoms with Gasteiger partial charge in [-0.2, -0.15) is 0 Å². The minimum atomic E-state index is -0.777. The molecule has 0 saturated carbocycles. The van der Waals surface area contributed by atoms with Crippen LogP contribution in [0.4, 0.5) is 5.82 Å². The van der Waals surface area contributed by atoms with Gasteiger partial charge in [0.15, 0.2) is 0 Å². The highest BCUT2D eigenvalue weighted by atomic mass is 16.4. The van der Waals surface area contributed by atoms with Gasteiger partial charge >= 0.3 is 5.97 Å². The highest BCUT2D eigenvalue weighted by molar-refractivity contribution is 5.67. The van der Waals surface area contributed by atoms with Gasteiger partial charge in [0.05, 0.1) is 6.42 Å². The smallest absolute Gasteiger partial charge is 0.305 e. The Morgan fingerprint density at radius 1 is 1.60 bits per heavy atom. The molecule has 1 aromatic rings. The van der Waals surface area contributed by atoms with E-state index in [9.17, 15) is 4.79 Å². The second-order valence-electron chi connectivity index (χ2n) is 3.41. The number of aryl methyl sites for hydroxylation is 1. The molecule has 0 radical (unpaired) electrons. The molecule has 0 amide bonds. The predicted octanol–water partition coefficient (Wildman–Crippen LogP) is 1.69. The quantitative estimate of drug-likeness (QED) is 0.800. The van der Waals surface area contributed by atoms with Gasteiger partial charge in [0.2, 0.25) is 0 Å². The van der Waals surface area contributed by atoms with Crippen molar-refractivity contribution in [2.24, 2.45) is 0 Å². The predicted molar refractivity (Wildman–Crippen MR) is 59.1 cm³/mol. The topological polar surface area (TPSA) is 53.4 Å². The molecular formula is C11H16N2O2. The third kappa shape index (κ3) is 3.58. The zero-order chi connectivity index (χ0) is 11.3. The van der Waals surface area contributed by atoms with Crippen LogP contribution in [0.3, 0.4) is 0 Å². The van der Waals surface area contributed by atoms with Crippen LogP contribution >= 0.6 is 0 Å². The van der Waals surface area contributed by atoms with Crippen molar-refractivity contribution >= 4 is 11.8 Å². The number of aromatic nitrogens is 1. The summed E-state index contributed by atoms with van der Waals surface area (Å²) in [5.41, 5.74) is 1.13. The molecule has 1 aromatic heterocycles. The fourth-order valence-corrected chi connectivity index (χ4v) is 1.36. The number of nitrogens with zero attached hydrogens (tertiary/aromatic N) is 2. The average molecular weight is 208 g/mol. The van der Waals surface area contributed by atoms with Crippen molar-refractivity contribution in [3.8, 4) is 0 Å². The summed E-state index contributed by atoms with van der Waals surface area (Å²) in [5, 5.41) is 8.61. The number of aliphatic carboxylic acids is 1. The maximum absolute atomic E-state index is 10.5. The van der Waals surface area contributed by atoms with Crippen molar-refractivity contribution < 1.29 is 9.90 Å². The van der Waals surface area contributed by atoms with Gasteiger partial charge in [-0.25, -0.2) is 4.98 Å². The lowest BCUT2D eigenvalue weighted by molar-refractivity contribution is -0.136. The highest BCUT2D eigenvalue weighted by Crippen LogP contribution is 2.11. The number of rotatable bonds is 5. The third-order valence-corrected chi connectivity index (χ3v) is 2.20. The number of hydrogen-bond donors (Lipinski definition) is 1. The number of hydrogen-bond acceptors (Lipinski definition) is 3. The molecule has 0 unspecified atom stereocenters. The molecule has 1 heterocycles. The van der Waals surface area contributed by atoms with E-state index in [1.807, 2.05) is 30.9 Å². The first-order valence-electron chi connectivity index (χ1n) is 5.03. The summed E-state index contributed by atoms with van der Waals surface area (Å²) in [5.74, 6) is 0.0693. The Balaban J connectivity index is 2.69. The van der Waals surface area contributed by atoms with Gasteiger partial charge in [0.25, 0.3) is 0 Å². The van der Waals surface area contributed by atoms with Crippen molar-refractivity contribution in [3.05, 3.63) is 23.9 Å². The summed E-state index contributed by atoms with van der Waals surface area (Å²) < 4.78 is 0. The minimum Gasteiger partial charge on any atom is -0.481 e. The van der Waals surface area contributed by atoms with Crippen LogP contribution < -0.4 is 4.90 Å². The fourth-order valence-electron chi connectivity index (χ4n) is 1.36. The standard InChI is InChI=1S/C11H16N2O2/c1-3-13(7-5-11(14)15)10-8-9(2)4-6-12-10/h4,6,8H,3,5,7H2,1-2H3,(H,14,15). The second kappa shape index (κ2) is 5.34. The Hall–Kier alpha value is -1.58. The molecule has 0 aliphatic heterocycles. The van der Waals surface area contributed by atoms with E-state index in [-0.39, 0.29) is 6.42 Å². The van der Waals surface area contributed by atoms with Crippen molar-refractivity contribution in [1.82, 2.24) is 4.98 Å². The van der Waals surface area contributed by atoms with Crippen LogP contribution in [0.25, 0.3) is 0 Å². The van der Waals surface area contributed by atoms with Gasteiger partial charge in [0, 0.05) is 19.3 Å². The SMILES string of the molecule is CCN(CCC(=O)O)c1cc(C)ccn1. The summed E-state index contributed by atoms with van der Waals surface area (Å²) in [6.45, 7) is 5.26. The molecule has 0 atom stereocenters. The van der Waals surface area contributed by atoms with Crippen molar-refractivity contribution in [2.75, 3.05) is 18.0 Å². The zero-order valence-corrected chi connectivity index (χ0v) is 9.10. The van der Waals surface area contributed by atoms with Crippen molar-refractivity contribution in [3.63, 3.8) is 0 Å². The lowest BCUT2D eigenvalue weighted by Gasteiger charge is -2.21. The van der Waals surface area contributed by atoms with E-state index in [2.05, 4.69) is 4.98 Å². The molecule has 0 spiro atoms. The summed E-state index contributed by atoms with van der Waals surface area (Å²) in [6.07, 6.45) is 1.89. The van der Waals surface area contributed by atoms with Gasteiger partial charge in [0.1, 0.15) is 5.82 Å². The van der Waals surface area contributed by atoms with Gasteiger partial charge in [-0.3, -0.25) is 4.79 Å². The molecule has 15 heavy (non-hydrogen) atoms. The van der Waals surface area contributed by atoms with E-state index in [4.69, 9.17) is 5.11 Å². The summed E-state index contributed by atoms with van der Waals surface area (Å²) >= 11 is 0. The molecule has 82 valence electrons. The monoisotopic (exact) mass is 208 g/mol. The zero-order valence-electron chi connectivity index (χ0n) is 9.10. The Kier molecular flexibility index (Phi) is 4.09. The first kappa shape index (κ1) is 11.5. The molecular weight excluding hydrogens is 192 g/mol. The van der Waals surface area contributed by atoms with Crippen LogP contribution in [0.15, 0.2) is 18.3 Å². The van der Waals surface area contributed by atoms with Gasteiger partial charge in [-0.1, -0.05) is 0 Å². The van der Waals surface area contributed by atoms with E-state index in [0.29, 0.717) is 6.54 Å². The maximum atomic E-state index is 10.5. The lowest BCUT2D eigenvalue weighted by Crippen LogP contribution is -2.26. The number of carbonyl (C=O) groups is 1. The Morgan fingerprint density at radius 2 is 2.33 bits per heavy atom. The number of carboxylic acid groups (broad SMARTS) is 1. The summed E-state index contributed by atoms with van der Waals surface area (Å²) in [7, 11) is 0. The fraction of sp³-hybridized carbons (Fsp3) is 0.455. The maximum Gasteiger partial charge on any atom is 0.305 e. The highest BCUT2D eigenvalue weighted by Gasteiger charge is 2.07. The third-order valence-electron chi connectivity index (χ3n) is 2.20. The molecule has 0 aromatic carbocycles. The Labute approximate surface area is 89.6 Å². The molecule has 0 aliphatic carbocycles. The van der Waals surface area contributed by atoms with Crippen molar-refractivity contribution in [2.45, 2.75) is 20.3 Å². The molecule has 1 N–H and O–H groups in total. The second-order valence-corrected chi connectivity index (χ2v) is 3.41. The molecule has 0 aliphatic rings. The normalized spacial score (nSPS) is 10.0. The molecule has 0 fully saturated rings. The lowest BCUT2D eigenvalue weighted by atomic mass is 10.3. The Morgan fingerprint density at radius 3 is 2.87 bits per heavy atom. The van der Waals surface area contributed by atoms with Crippen LogP contribution in [0.2, 0.25) is 0 Å². The van der Waals surface area contributed by atoms with Gasteiger partial charge < -0.3 is 10.0 Å². The molecule has 0 bridgehead atoms. The first-order chi connectivity index (χ1) is 7.13. The number of carboxylic acids is 1. The van der Waals surface area contributed by atoms with E-state index >= 15 is 0 Å². The first-order valence-corrected chi connectivity index (χ1v) is 5.03. The summed E-state index contributed by atoms with van der Waals surface area (Å²) in [4.78, 5) is 16.7. The molecule has 4 nitrogen and oxygen atoms in total. The summed E-state index contributed by atoms with van der Waals surface area (Å²) in [6, 6.07) is 3.89. The number of pyridine rings is 1. The van der Waals surface area contributed by atoms with Crippen LogP contribution in [0, 0.1) is 6.92 Å². The largest absolute Gasteiger partial charge is 0.481 e. The molecule has 4 heteroatoms. The van der Waals surface area contributed by atoms with Crippen LogP contribution in [0.5, 0.6) is 0 Å². The van der Waals surface area contributed by atoms with Gasteiger partial charge in [-0.15, -0.1) is 0 Å². The molecule has 1 rings (SSSR count). The Bertz CT molecular complexity index is 339. The van der Waals surface area contributed by atoms with Crippen LogP contribution in [0.1, 0.15) is 18.9 Å². The van der Waals surface area contributed by atoms with E-state index < -0.39 is 5.97 Å². The van der Waals surface area contributed by atoms with E-state index in [0.717, 1.165) is 17.9 Å². The van der Waals surface area contributed by atoms with Crippen LogP contribution in [-0.2, 0) is 4.79 Å². The number of anilines is 1. The molecule has 0 saturated heterocycles.